The molecule has 1 fully saturated rings. The summed E-state index contributed by atoms with van der Waals surface area (Å²) < 4.78 is 7.10. The first-order chi connectivity index (χ1) is 18.1. The van der Waals surface area contributed by atoms with Crippen molar-refractivity contribution in [2.24, 2.45) is 11.1 Å². The maximum atomic E-state index is 6.90. The van der Waals surface area contributed by atoms with Gasteiger partial charge in [-0.05, 0) is 54.0 Å². The van der Waals surface area contributed by atoms with Crippen molar-refractivity contribution in [1.29, 1.82) is 0 Å². The maximum Gasteiger partial charge on any atom is 0.221 e. The number of anilines is 2. The number of rotatable bonds is 4. The molecule has 0 amide bonds. The van der Waals surface area contributed by atoms with Crippen molar-refractivity contribution in [3.63, 3.8) is 0 Å². The molecule has 0 unspecified atom stereocenters. The van der Waals surface area contributed by atoms with Crippen LogP contribution >= 0.6 is 11.8 Å². The fourth-order valence-corrected chi connectivity index (χ4v) is 6.35. The Morgan fingerprint density at radius 3 is 2.84 bits per heavy atom. The van der Waals surface area contributed by atoms with Crippen molar-refractivity contribution < 1.29 is 4.74 Å². The lowest BCUT2D eigenvalue weighted by Gasteiger charge is -2.42. The molecule has 4 aromatic rings. The molecule has 188 valence electrons. The molecule has 4 heterocycles. The van der Waals surface area contributed by atoms with Crippen LogP contribution in [0.25, 0.3) is 5.65 Å². The Morgan fingerprint density at radius 1 is 1.16 bits per heavy atom. The summed E-state index contributed by atoms with van der Waals surface area (Å²) in [7, 11) is 1.65. The van der Waals surface area contributed by atoms with Crippen molar-refractivity contribution in [2.75, 3.05) is 37.4 Å². The largest absolute Gasteiger partial charge is 0.372 e. The number of nitrogens with zero attached hydrogens (tertiary/aromatic N) is 6. The van der Waals surface area contributed by atoms with Gasteiger partial charge in [-0.3, -0.25) is 4.40 Å². The number of nitrogen functional groups attached to an aromatic ring is 1. The molecular weight excluding hydrogens is 484 g/mol. The molecular formula is C27H28N8OS. The first kappa shape index (κ1) is 23.7. The van der Waals surface area contributed by atoms with E-state index in [0.29, 0.717) is 6.61 Å². The number of methoxy groups -OCH3 is 1. The van der Waals surface area contributed by atoms with Gasteiger partial charge in [0.15, 0.2) is 5.65 Å². The van der Waals surface area contributed by atoms with Crippen LogP contribution in [0.5, 0.6) is 0 Å². The van der Waals surface area contributed by atoms with Crippen LogP contribution in [0.3, 0.4) is 0 Å². The Kier molecular flexibility index (Phi) is 6.20. The zero-order valence-electron chi connectivity index (χ0n) is 20.6. The summed E-state index contributed by atoms with van der Waals surface area (Å²) in [6.45, 7) is 2.20. The molecule has 1 aromatic carbocycles. The predicted octanol–water partition coefficient (Wildman–Crippen LogP) is 3.09. The average molecular weight is 513 g/mol. The third-order valence-corrected chi connectivity index (χ3v) is 8.36. The zero-order chi connectivity index (χ0) is 25.4. The van der Waals surface area contributed by atoms with Crippen molar-refractivity contribution in [3.8, 4) is 11.8 Å². The third kappa shape index (κ3) is 4.39. The number of piperidine rings is 1. The van der Waals surface area contributed by atoms with Crippen LogP contribution in [-0.2, 0) is 11.2 Å². The molecule has 37 heavy (non-hydrogen) atoms. The highest BCUT2D eigenvalue weighted by Crippen LogP contribution is 2.51. The minimum absolute atomic E-state index is 0.00845. The minimum Gasteiger partial charge on any atom is -0.372 e. The van der Waals surface area contributed by atoms with Gasteiger partial charge >= 0.3 is 0 Å². The number of benzene rings is 1. The molecule has 1 aliphatic heterocycles. The van der Waals surface area contributed by atoms with E-state index in [0.717, 1.165) is 59.4 Å². The van der Waals surface area contributed by atoms with E-state index in [1.807, 2.05) is 18.5 Å². The molecule has 1 atom stereocenters. The number of ether oxygens (including phenoxy) is 1. The van der Waals surface area contributed by atoms with E-state index < -0.39 is 0 Å². The van der Waals surface area contributed by atoms with Gasteiger partial charge in [0.25, 0.3) is 0 Å². The third-order valence-electron chi connectivity index (χ3n) is 7.41. The molecule has 1 spiro atoms. The van der Waals surface area contributed by atoms with Gasteiger partial charge in [-0.25, -0.2) is 19.9 Å². The lowest BCUT2D eigenvalue weighted by molar-refractivity contribution is 0.186. The molecule has 10 heteroatoms. The number of hydrogen-bond donors (Lipinski definition) is 2. The Balaban J connectivity index is 1.20. The Morgan fingerprint density at radius 2 is 2.03 bits per heavy atom. The summed E-state index contributed by atoms with van der Waals surface area (Å²) in [5.74, 6) is 7.36. The van der Waals surface area contributed by atoms with Crippen LogP contribution in [0.4, 0.5) is 11.9 Å². The molecule has 0 radical (unpaired) electrons. The predicted molar refractivity (Wildman–Crippen MR) is 143 cm³/mol. The van der Waals surface area contributed by atoms with E-state index in [-0.39, 0.29) is 17.4 Å². The second-order valence-corrected chi connectivity index (χ2v) is 10.6. The van der Waals surface area contributed by atoms with Gasteiger partial charge in [0, 0.05) is 56.6 Å². The highest BCUT2D eigenvalue weighted by Gasteiger charge is 2.46. The molecule has 4 N–H and O–H groups in total. The molecule has 9 nitrogen and oxygen atoms in total. The molecule has 6 rings (SSSR count). The van der Waals surface area contributed by atoms with Gasteiger partial charge in [-0.15, -0.1) is 0 Å². The first-order valence-corrected chi connectivity index (χ1v) is 13.1. The van der Waals surface area contributed by atoms with E-state index in [1.165, 1.54) is 22.9 Å². The number of fused-ring (bicyclic) bond motifs is 2. The number of hydrogen-bond acceptors (Lipinski definition) is 9. The average Bonchev–Trinajstić information content (AvgIpc) is 3.50. The standard InChI is InChI=1S/C27H28N8OS/c1-36-14-2-3-18-4-5-19-16-27(23(28)20(19)15-18)7-11-34(12-8-27)26-32-17-21(24-30-10-13-35(24)26)37-22-6-9-31-25(29)33-22/h4-6,9-10,13,15,17,23H,7-8,11-12,14,16,28H2,1H3,(H2,29,31,33)/t23-/m1/s1. The zero-order valence-corrected chi connectivity index (χ0v) is 21.4. The molecule has 0 saturated carbocycles. The lowest BCUT2D eigenvalue weighted by Crippen LogP contribution is -2.45. The topological polar surface area (TPSA) is 120 Å². The number of nitrogens with two attached hydrogens (primary N) is 2. The second kappa shape index (κ2) is 9.67. The van der Waals surface area contributed by atoms with E-state index in [9.17, 15) is 0 Å². The highest BCUT2D eigenvalue weighted by molar-refractivity contribution is 7.99. The van der Waals surface area contributed by atoms with Gasteiger partial charge in [-0.1, -0.05) is 29.7 Å². The first-order valence-electron chi connectivity index (χ1n) is 12.3. The Hall–Kier alpha value is -3.65. The van der Waals surface area contributed by atoms with Crippen molar-refractivity contribution in [2.45, 2.75) is 35.2 Å². The maximum absolute atomic E-state index is 6.90. The quantitative estimate of drug-likeness (QED) is 0.314. The van der Waals surface area contributed by atoms with E-state index >= 15 is 0 Å². The van der Waals surface area contributed by atoms with Crippen LogP contribution in [0.1, 0.15) is 35.6 Å². The number of imidazole rings is 1. The van der Waals surface area contributed by atoms with Gasteiger partial charge in [0.05, 0.1) is 4.90 Å². The fourth-order valence-electron chi connectivity index (χ4n) is 5.51. The summed E-state index contributed by atoms with van der Waals surface area (Å²) in [5.41, 5.74) is 17.1. The van der Waals surface area contributed by atoms with Gasteiger partial charge in [-0.2, -0.15) is 0 Å². The van der Waals surface area contributed by atoms with E-state index in [2.05, 4.69) is 54.3 Å². The van der Waals surface area contributed by atoms with Crippen LogP contribution in [0.15, 0.2) is 59.0 Å². The van der Waals surface area contributed by atoms with Crippen molar-refractivity contribution in [1.82, 2.24) is 24.3 Å². The van der Waals surface area contributed by atoms with Crippen LogP contribution in [0.2, 0.25) is 0 Å². The van der Waals surface area contributed by atoms with Crippen molar-refractivity contribution in [3.05, 3.63) is 65.7 Å². The molecule has 1 saturated heterocycles. The second-order valence-electron chi connectivity index (χ2n) is 9.55. The lowest BCUT2D eigenvalue weighted by atomic mass is 9.73. The van der Waals surface area contributed by atoms with Gasteiger partial charge < -0.3 is 21.1 Å². The van der Waals surface area contributed by atoms with Gasteiger partial charge in [0.1, 0.15) is 11.6 Å². The molecule has 1 aliphatic carbocycles. The van der Waals surface area contributed by atoms with E-state index in [4.69, 9.17) is 21.2 Å². The molecule has 3 aromatic heterocycles. The number of aromatic nitrogens is 5. The summed E-state index contributed by atoms with van der Waals surface area (Å²) in [5, 5.41) is 0.759. The van der Waals surface area contributed by atoms with Crippen molar-refractivity contribution >= 4 is 29.3 Å². The van der Waals surface area contributed by atoms with Crippen LogP contribution in [0, 0.1) is 17.3 Å². The van der Waals surface area contributed by atoms with Crippen LogP contribution in [-0.4, -0.2) is 51.1 Å². The highest BCUT2D eigenvalue weighted by atomic mass is 32.2. The summed E-state index contributed by atoms with van der Waals surface area (Å²) >= 11 is 1.48. The Bertz CT molecular complexity index is 1520. The smallest absolute Gasteiger partial charge is 0.221 e. The summed E-state index contributed by atoms with van der Waals surface area (Å²) in [4.78, 5) is 21.0. The summed E-state index contributed by atoms with van der Waals surface area (Å²) in [6, 6.07) is 8.30. The normalized spacial score (nSPS) is 18.1. The Labute approximate surface area is 219 Å². The molecule has 0 bridgehead atoms. The minimum atomic E-state index is 0.00845. The monoisotopic (exact) mass is 512 g/mol. The molecule has 2 aliphatic rings. The van der Waals surface area contributed by atoms with E-state index in [1.54, 1.807) is 19.5 Å². The summed E-state index contributed by atoms with van der Waals surface area (Å²) in [6.07, 6.45) is 10.3. The van der Waals surface area contributed by atoms with Gasteiger partial charge in [0.2, 0.25) is 11.9 Å². The SMILES string of the molecule is COCC#Cc1ccc2c(c1)[C@@H](N)C1(CCN(c3ncc(Sc4ccnc(N)n4)c4nccn34)CC1)C2. The fraction of sp³-hybridized carbons (Fsp3) is 0.333. The van der Waals surface area contributed by atoms with Crippen LogP contribution < -0.4 is 16.4 Å².